The first-order valence-electron chi connectivity index (χ1n) is 8.59. The van der Waals surface area contributed by atoms with Crippen LogP contribution in [0.25, 0.3) is 0 Å². The summed E-state index contributed by atoms with van der Waals surface area (Å²) < 4.78 is 26.7. The van der Waals surface area contributed by atoms with Crippen LogP contribution in [0.5, 0.6) is 28.7 Å². The highest BCUT2D eigenvalue weighted by atomic mass is 16.5. The highest BCUT2D eigenvalue weighted by Crippen LogP contribution is 2.33. The summed E-state index contributed by atoms with van der Waals surface area (Å²) in [5, 5.41) is 3.94. The number of benzene rings is 2. The molecule has 0 saturated heterocycles. The smallest absolute Gasteiger partial charge is 0.277 e. The molecule has 0 unspecified atom stereocenters. The van der Waals surface area contributed by atoms with Gasteiger partial charge in [0.2, 0.25) is 0 Å². The summed E-state index contributed by atoms with van der Waals surface area (Å²) in [4.78, 5) is 12.0. The van der Waals surface area contributed by atoms with Crippen molar-refractivity contribution in [2.24, 2.45) is 5.10 Å². The summed E-state index contributed by atoms with van der Waals surface area (Å²) in [7, 11) is 4.60. The number of hydrazone groups is 1. The van der Waals surface area contributed by atoms with Crippen molar-refractivity contribution in [2.75, 3.05) is 34.5 Å². The van der Waals surface area contributed by atoms with Crippen LogP contribution in [-0.2, 0) is 4.79 Å². The van der Waals surface area contributed by atoms with Crippen LogP contribution in [0.15, 0.2) is 41.5 Å². The second kappa shape index (κ2) is 10.7. The average Bonchev–Trinajstić information content (AvgIpc) is 2.72. The topological polar surface area (TPSA) is 87.6 Å². The molecule has 0 aliphatic heterocycles. The van der Waals surface area contributed by atoms with E-state index in [0.29, 0.717) is 40.9 Å². The maximum Gasteiger partial charge on any atom is 0.277 e. The third-order valence-corrected chi connectivity index (χ3v) is 3.64. The minimum atomic E-state index is -0.415. The number of amides is 1. The lowest BCUT2D eigenvalue weighted by atomic mass is 10.2. The largest absolute Gasteiger partial charge is 0.496 e. The van der Waals surface area contributed by atoms with Crippen molar-refractivity contribution in [2.45, 2.75) is 6.92 Å². The number of methoxy groups -OCH3 is 3. The number of nitrogens with one attached hydrogen (secondary N) is 1. The third kappa shape index (κ3) is 5.54. The van der Waals surface area contributed by atoms with Crippen LogP contribution < -0.4 is 29.1 Å². The van der Waals surface area contributed by atoms with Gasteiger partial charge in [-0.25, -0.2) is 5.43 Å². The monoisotopic (exact) mass is 388 g/mol. The first-order chi connectivity index (χ1) is 13.6. The van der Waals surface area contributed by atoms with Gasteiger partial charge in [-0.2, -0.15) is 5.10 Å². The van der Waals surface area contributed by atoms with Gasteiger partial charge in [-0.05, 0) is 25.1 Å². The Morgan fingerprint density at radius 2 is 1.54 bits per heavy atom. The van der Waals surface area contributed by atoms with Crippen molar-refractivity contribution in [3.63, 3.8) is 0 Å². The predicted octanol–water partition coefficient (Wildman–Crippen LogP) is 2.64. The molecular weight excluding hydrogens is 364 g/mol. The molecule has 2 aromatic rings. The van der Waals surface area contributed by atoms with Gasteiger partial charge in [-0.15, -0.1) is 0 Å². The zero-order valence-electron chi connectivity index (χ0n) is 16.4. The molecular formula is C20H24N2O6. The van der Waals surface area contributed by atoms with E-state index in [1.54, 1.807) is 30.3 Å². The predicted molar refractivity (Wildman–Crippen MR) is 105 cm³/mol. The molecule has 28 heavy (non-hydrogen) atoms. The van der Waals surface area contributed by atoms with E-state index in [4.69, 9.17) is 23.7 Å². The van der Waals surface area contributed by atoms with Gasteiger partial charge in [-0.3, -0.25) is 4.79 Å². The molecule has 1 N–H and O–H groups in total. The Kier molecular flexibility index (Phi) is 7.95. The molecule has 8 nitrogen and oxygen atoms in total. The summed E-state index contributed by atoms with van der Waals surface area (Å²) in [5.74, 6) is 2.23. The first-order valence-corrected chi connectivity index (χ1v) is 8.59. The van der Waals surface area contributed by atoms with Crippen molar-refractivity contribution in [1.29, 1.82) is 0 Å². The molecule has 2 rings (SSSR count). The number of hydrogen-bond donors (Lipinski definition) is 1. The maximum absolute atomic E-state index is 12.0. The normalized spacial score (nSPS) is 10.4. The first kappa shape index (κ1) is 20.9. The highest BCUT2D eigenvalue weighted by molar-refractivity contribution is 5.86. The van der Waals surface area contributed by atoms with Crippen LogP contribution in [0.2, 0.25) is 0 Å². The second-order valence-electron chi connectivity index (χ2n) is 5.41. The van der Waals surface area contributed by atoms with Crippen molar-refractivity contribution < 1.29 is 28.5 Å². The second-order valence-corrected chi connectivity index (χ2v) is 5.41. The van der Waals surface area contributed by atoms with Crippen molar-refractivity contribution in [3.8, 4) is 28.7 Å². The Labute approximate surface area is 164 Å². The zero-order chi connectivity index (χ0) is 20.4. The molecule has 0 atom stereocenters. The molecule has 1 amide bonds. The van der Waals surface area contributed by atoms with Crippen molar-refractivity contribution in [1.82, 2.24) is 5.43 Å². The number of carbonyl (C=O) groups excluding carboxylic acids is 1. The number of para-hydroxylation sites is 2. The van der Waals surface area contributed by atoms with E-state index >= 15 is 0 Å². The Morgan fingerprint density at radius 3 is 2.14 bits per heavy atom. The number of rotatable bonds is 10. The minimum absolute atomic E-state index is 0.204. The van der Waals surface area contributed by atoms with Gasteiger partial charge in [-0.1, -0.05) is 12.1 Å². The number of carbonyl (C=O) groups is 1. The SMILES string of the molecule is CCOc1ccccc1OCC(=O)N/N=C/c1cc(OC)c(OC)cc1OC. The highest BCUT2D eigenvalue weighted by Gasteiger charge is 2.11. The summed E-state index contributed by atoms with van der Waals surface area (Å²) in [6.07, 6.45) is 1.45. The number of ether oxygens (including phenoxy) is 5. The van der Waals surface area contributed by atoms with Crippen LogP contribution >= 0.6 is 0 Å². The quantitative estimate of drug-likeness (QED) is 0.497. The van der Waals surface area contributed by atoms with Crippen LogP contribution in [0, 0.1) is 0 Å². The summed E-state index contributed by atoms with van der Waals surface area (Å²) in [5.41, 5.74) is 3.02. The van der Waals surface area contributed by atoms with Gasteiger partial charge >= 0.3 is 0 Å². The Hall–Kier alpha value is -3.42. The molecule has 2 aromatic carbocycles. The molecule has 0 aliphatic carbocycles. The molecule has 0 heterocycles. The van der Waals surface area contributed by atoms with Crippen LogP contribution in [-0.4, -0.2) is 46.7 Å². The van der Waals surface area contributed by atoms with E-state index in [0.717, 1.165) is 0 Å². The van der Waals surface area contributed by atoms with Gasteiger partial charge in [0.25, 0.3) is 5.91 Å². The number of nitrogens with zero attached hydrogens (tertiary/aromatic N) is 1. The molecule has 8 heteroatoms. The zero-order valence-corrected chi connectivity index (χ0v) is 16.4. The molecule has 0 bridgehead atoms. The van der Waals surface area contributed by atoms with Crippen LogP contribution in [0.1, 0.15) is 12.5 Å². The summed E-state index contributed by atoms with van der Waals surface area (Å²) in [6.45, 7) is 2.18. The lowest BCUT2D eigenvalue weighted by Crippen LogP contribution is -2.24. The van der Waals surface area contributed by atoms with E-state index in [2.05, 4.69) is 10.5 Å². The summed E-state index contributed by atoms with van der Waals surface area (Å²) >= 11 is 0. The fourth-order valence-corrected chi connectivity index (χ4v) is 2.35. The average molecular weight is 388 g/mol. The molecule has 0 spiro atoms. The number of hydrogen-bond acceptors (Lipinski definition) is 7. The molecule has 0 aliphatic rings. The van der Waals surface area contributed by atoms with E-state index in [9.17, 15) is 4.79 Å². The van der Waals surface area contributed by atoms with Crippen molar-refractivity contribution >= 4 is 12.1 Å². The molecule has 0 saturated carbocycles. The fraction of sp³-hybridized carbons (Fsp3) is 0.300. The standard InChI is InChI=1S/C20H24N2O6/c1-5-27-15-8-6-7-9-16(15)28-13-20(23)22-21-12-14-10-18(25-3)19(26-4)11-17(14)24-2/h6-12H,5,13H2,1-4H3,(H,22,23)/b21-12+. The lowest BCUT2D eigenvalue weighted by Gasteiger charge is -2.12. The lowest BCUT2D eigenvalue weighted by molar-refractivity contribution is -0.123. The van der Waals surface area contributed by atoms with Gasteiger partial charge in [0.15, 0.2) is 29.6 Å². The van der Waals surface area contributed by atoms with Gasteiger partial charge in [0, 0.05) is 11.6 Å². The van der Waals surface area contributed by atoms with E-state index in [-0.39, 0.29) is 6.61 Å². The molecule has 0 aromatic heterocycles. The molecule has 0 radical (unpaired) electrons. The third-order valence-electron chi connectivity index (χ3n) is 3.64. The Balaban J connectivity index is 1.98. The van der Waals surface area contributed by atoms with E-state index in [1.807, 2.05) is 13.0 Å². The van der Waals surface area contributed by atoms with E-state index in [1.165, 1.54) is 27.5 Å². The Bertz CT molecular complexity index is 822. The van der Waals surface area contributed by atoms with Crippen LogP contribution in [0.4, 0.5) is 0 Å². The molecule has 150 valence electrons. The van der Waals surface area contributed by atoms with Crippen molar-refractivity contribution in [3.05, 3.63) is 42.0 Å². The summed E-state index contributed by atoms with van der Waals surface area (Å²) in [6, 6.07) is 10.5. The fourth-order valence-electron chi connectivity index (χ4n) is 2.35. The minimum Gasteiger partial charge on any atom is -0.496 e. The van der Waals surface area contributed by atoms with Gasteiger partial charge in [0.05, 0.1) is 34.2 Å². The maximum atomic E-state index is 12.0. The van der Waals surface area contributed by atoms with Gasteiger partial charge in [0.1, 0.15) is 5.75 Å². The van der Waals surface area contributed by atoms with Crippen LogP contribution in [0.3, 0.4) is 0 Å². The molecule has 0 fully saturated rings. The van der Waals surface area contributed by atoms with Gasteiger partial charge < -0.3 is 23.7 Å². The van der Waals surface area contributed by atoms with E-state index < -0.39 is 5.91 Å². The Morgan fingerprint density at radius 1 is 0.929 bits per heavy atom.